The van der Waals surface area contributed by atoms with Crippen LogP contribution in [-0.4, -0.2) is 24.7 Å². The van der Waals surface area contributed by atoms with Crippen LogP contribution in [0.1, 0.15) is 42.0 Å². The average Bonchev–Trinajstić information content (AvgIpc) is 2.00. The van der Waals surface area contributed by atoms with Crippen molar-refractivity contribution < 1.29 is 11.0 Å². The lowest BCUT2D eigenvalue weighted by atomic mass is 10.2. The molecule has 0 bridgehead atoms. The van der Waals surface area contributed by atoms with E-state index in [0.717, 1.165) is 19.4 Å². The molecule has 0 aromatic heterocycles. The molecule has 80 valence electrons. The van der Waals surface area contributed by atoms with Crippen molar-refractivity contribution in [3.8, 4) is 0 Å². The van der Waals surface area contributed by atoms with Gasteiger partial charge in [-0.1, -0.05) is 13.3 Å². The summed E-state index contributed by atoms with van der Waals surface area (Å²) in [7, 11) is 0. The van der Waals surface area contributed by atoms with Crippen LogP contribution >= 0.6 is 0 Å². The molecule has 13 heavy (non-hydrogen) atoms. The quantitative estimate of drug-likeness (QED) is 0.671. The normalized spacial score (nSPS) is 11.4. The largest absolute Gasteiger partial charge is 0.366 e. The second kappa shape index (κ2) is 5.97. The lowest BCUT2D eigenvalue weighted by molar-refractivity contribution is -0.130. The standard InChI is InChI=1S/C10H21NO2.H2/c1-5-6-7-11-9(12)8-13-10(2,3)4;/h5-8H2,1-4H3,(H,11,12);1H. The first kappa shape index (κ1) is 12.4. The van der Waals surface area contributed by atoms with E-state index in [2.05, 4.69) is 12.2 Å². The first-order chi connectivity index (χ1) is 5.95. The molecule has 3 heteroatoms. The van der Waals surface area contributed by atoms with Crippen LogP contribution in [0.3, 0.4) is 0 Å². The van der Waals surface area contributed by atoms with Gasteiger partial charge < -0.3 is 10.1 Å². The zero-order chi connectivity index (χ0) is 10.3. The van der Waals surface area contributed by atoms with Gasteiger partial charge in [0.05, 0.1) is 5.60 Å². The number of carbonyl (C=O) groups excluding carboxylic acids is 1. The highest BCUT2D eigenvalue weighted by atomic mass is 16.5. The summed E-state index contributed by atoms with van der Waals surface area (Å²) in [4.78, 5) is 11.1. The number of ether oxygens (including phenoxy) is 1. The molecule has 3 nitrogen and oxygen atoms in total. The van der Waals surface area contributed by atoms with Gasteiger partial charge in [-0.15, -0.1) is 0 Å². The lowest BCUT2D eigenvalue weighted by Gasteiger charge is -2.18. The molecule has 0 saturated heterocycles. The molecule has 0 rings (SSSR count). The Morgan fingerprint density at radius 3 is 2.54 bits per heavy atom. The summed E-state index contributed by atoms with van der Waals surface area (Å²) in [6.07, 6.45) is 2.13. The van der Waals surface area contributed by atoms with Gasteiger partial charge in [0.25, 0.3) is 0 Å². The Balaban J connectivity index is 0. The molecule has 0 aliphatic rings. The highest BCUT2D eigenvalue weighted by Crippen LogP contribution is 2.05. The summed E-state index contributed by atoms with van der Waals surface area (Å²) in [6.45, 7) is 8.82. The van der Waals surface area contributed by atoms with Crippen molar-refractivity contribution in [2.45, 2.75) is 46.1 Å². The molecule has 0 heterocycles. The number of amides is 1. The van der Waals surface area contributed by atoms with E-state index in [4.69, 9.17) is 4.74 Å². The summed E-state index contributed by atoms with van der Waals surface area (Å²) in [5.74, 6) is -0.0247. The Bertz CT molecular complexity index is 155. The fourth-order valence-corrected chi connectivity index (χ4v) is 0.738. The zero-order valence-corrected chi connectivity index (χ0v) is 9.14. The summed E-state index contributed by atoms with van der Waals surface area (Å²) in [5.41, 5.74) is -0.234. The molecule has 0 aliphatic heterocycles. The van der Waals surface area contributed by atoms with E-state index in [-0.39, 0.29) is 19.5 Å². The number of rotatable bonds is 5. The molecular formula is C10H23NO2. The fourth-order valence-electron chi connectivity index (χ4n) is 0.738. The molecular weight excluding hydrogens is 166 g/mol. The molecule has 0 radical (unpaired) electrons. The van der Waals surface area contributed by atoms with Crippen molar-refractivity contribution in [2.24, 2.45) is 0 Å². The van der Waals surface area contributed by atoms with Crippen LogP contribution in [0.5, 0.6) is 0 Å². The van der Waals surface area contributed by atoms with E-state index in [1.807, 2.05) is 20.8 Å². The maximum Gasteiger partial charge on any atom is 0.246 e. The average molecular weight is 189 g/mol. The molecule has 0 saturated carbocycles. The van der Waals surface area contributed by atoms with Gasteiger partial charge in [0.2, 0.25) is 5.91 Å². The van der Waals surface area contributed by atoms with Gasteiger partial charge in [-0.25, -0.2) is 0 Å². The van der Waals surface area contributed by atoms with E-state index in [1.54, 1.807) is 0 Å². The van der Waals surface area contributed by atoms with Crippen LogP contribution in [0.2, 0.25) is 0 Å². The minimum Gasteiger partial charge on any atom is -0.366 e. The van der Waals surface area contributed by atoms with Crippen LogP contribution in [-0.2, 0) is 9.53 Å². The molecule has 1 amide bonds. The summed E-state index contributed by atoms with van der Waals surface area (Å²) in [6, 6.07) is 0. The van der Waals surface area contributed by atoms with E-state index >= 15 is 0 Å². The Labute approximate surface area is 82.3 Å². The molecule has 0 atom stereocenters. The van der Waals surface area contributed by atoms with Crippen LogP contribution in [0.15, 0.2) is 0 Å². The highest BCUT2D eigenvalue weighted by Gasteiger charge is 2.12. The van der Waals surface area contributed by atoms with E-state index < -0.39 is 0 Å². The van der Waals surface area contributed by atoms with Crippen LogP contribution in [0.4, 0.5) is 0 Å². The third kappa shape index (κ3) is 9.34. The topological polar surface area (TPSA) is 38.3 Å². The van der Waals surface area contributed by atoms with Crippen molar-refractivity contribution in [3.05, 3.63) is 0 Å². The third-order valence-electron chi connectivity index (χ3n) is 1.49. The monoisotopic (exact) mass is 189 g/mol. The summed E-state index contributed by atoms with van der Waals surface area (Å²) < 4.78 is 5.31. The van der Waals surface area contributed by atoms with Crippen molar-refractivity contribution in [1.82, 2.24) is 5.32 Å². The molecule has 1 N–H and O–H groups in total. The maximum atomic E-state index is 11.1. The number of carbonyl (C=O) groups is 1. The number of hydrogen-bond donors (Lipinski definition) is 1. The smallest absolute Gasteiger partial charge is 0.246 e. The fraction of sp³-hybridized carbons (Fsp3) is 0.900. The molecule has 0 spiro atoms. The zero-order valence-electron chi connectivity index (χ0n) is 9.14. The van der Waals surface area contributed by atoms with E-state index in [0.29, 0.717) is 0 Å². The van der Waals surface area contributed by atoms with Gasteiger partial charge in [-0.3, -0.25) is 4.79 Å². The van der Waals surface area contributed by atoms with Crippen molar-refractivity contribution >= 4 is 5.91 Å². The van der Waals surface area contributed by atoms with Gasteiger partial charge in [0.15, 0.2) is 0 Å². The van der Waals surface area contributed by atoms with Crippen LogP contribution in [0.25, 0.3) is 0 Å². The molecule has 0 aromatic carbocycles. The maximum absolute atomic E-state index is 11.1. The second-order valence-corrected chi connectivity index (χ2v) is 4.10. The minimum absolute atomic E-state index is 0. The van der Waals surface area contributed by atoms with E-state index in [1.165, 1.54) is 0 Å². The lowest BCUT2D eigenvalue weighted by Crippen LogP contribution is -2.32. The Morgan fingerprint density at radius 1 is 1.46 bits per heavy atom. The van der Waals surface area contributed by atoms with Gasteiger partial charge in [-0.2, -0.15) is 0 Å². The third-order valence-corrected chi connectivity index (χ3v) is 1.49. The summed E-state index contributed by atoms with van der Waals surface area (Å²) in [5, 5.41) is 2.79. The first-order valence-electron chi connectivity index (χ1n) is 4.86. The van der Waals surface area contributed by atoms with Crippen molar-refractivity contribution in [3.63, 3.8) is 0 Å². The summed E-state index contributed by atoms with van der Waals surface area (Å²) >= 11 is 0. The Morgan fingerprint density at radius 2 is 2.08 bits per heavy atom. The highest BCUT2D eigenvalue weighted by molar-refractivity contribution is 5.77. The van der Waals surface area contributed by atoms with Crippen LogP contribution < -0.4 is 5.32 Å². The SMILES string of the molecule is CCCCNC(=O)COC(C)(C)C.[HH]. The Hall–Kier alpha value is -0.570. The van der Waals surface area contributed by atoms with Gasteiger partial charge in [0, 0.05) is 7.97 Å². The molecule has 0 fully saturated rings. The predicted molar refractivity (Wildman–Crippen MR) is 55.7 cm³/mol. The van der Waals surface area contributed by atoms with Gasteiger partial charge in [-0.05, 0) is 27.2 Å². The van der Waals surface area contributed by atoms with Crippen molar-refractivity contribution in [2.75, 3.05) is 13.2 Å². The molecule has 0 aliphatic carbocycles. The van der Waals surface area contributed by atoms with E-state index in [9.17, 15) is 4.79 Å². The predicted octanol–water partition coefficient (Wildman–Crippen LogP) is 1.96. The van der Waals surface area contributed by atoms with Gasteiger partial charge in [0.1, 0.15) is 6.61 Å². The number of hydrogen-bond acceptors (Lipinski definition) is 2. The van der Waals surface area contributed by atoms with Crippen LogP contribution in [0, 0.1) is 0 Å². The number of nitrogens with one attached hydrogen (secondary N) is 1. The molecule has 0 unspecified atom stereocenters. The Kier molecular flexibility index (Phi) is 5.71. The van der Waals surface area contributed by atoms with Crippen molar-refractivity contribution in [1.29, 1.82) is 0 Å². The van der Waals surface area contributed by atoms with Gasteiger partial charge >= 0.3 is 0 Å². The number of unbranched alkanes of at least 4 members (excludes halogenated alkanes) is 1. The second-order valence-electron chi connectivity index (χ2n) is 4.10. The first-order valence-corrected chi connectivity index (χ1v) is 4.86. The molecule has 0 aromatic rings. The minimum atomic E-state index is -0.234.